The van der Waals surface area contributed by atoms with Crippen molar-refractivity contribution in [3.8, 4) is 33.4 Å². The fourth-order valence-corrected chi connectivity index (χ4v) is 5.22. The molecular formula is C42H26O. The molecule has 200 valence electrons. The summed E-state index contributed by atoms with van der Waals surface area (Å²) in [5.74, 6) is 0. The molecule has 0 fully saturated rings. The minimum Gasteiger partial charge on any atom is -0.456 e. The van der Waals surface area contributed by atoms with E-state index in [4.69, 9.17) is 27.7 Å². The molecule has 1 heteroatoms. The molecule has 0 unspecified atom stereocenters. The van der Waals surface area contributed by atoms with Gasteiger partial charge in [-0.25, -0.2) is 0 Å². The summed E-state index contributed by atoms with van der Waals surface area (Å²) in [4.78, 5) is 0. The van der Waals surface area contributed by atoms with E-state index >= 15 is 0 Å². The zero-order valence-corrected chi connectivity index (χ0v) is 21.5. The Balaban J connectivity index is 1.60. The van der Waals surface area contributed by atoms with Gasteiger partial charge in [-0.1, -0.05) is 133 Å². The van der Waals surface area contributed by atoms with Gasteiger partial charge < -0.3 is 4.42 Å². The highest BCUT2D eigenvalue weighted by atomic mass is 16.3. The molecule has 1 aromatic heterocycles. The molecule has 0 aliphatic rings. The maximum absolute atomic E-state index is 9.79. The van der Waals surface area contributed by atoms with Crippen molar-refractivity contribution in [1.82, 2.24) is 0 Å². The molecule has 0 spiro atoms. The second-order valence-electron chi connectivity index (χ2n) is 9.33. The zero-order valence-electron chi connectivity index (χ0n) is 46.5. The molecular weight excluding hydrogens is 520 g/mol. The van der Waals surface area contributed by atoms with Gasteiger partial charge in [-0.3, -0.25) is 0 Å². The Kier molecular flexibility index (Phi) is 2.19. The Labute approximate surface area is 284 Å². The topological polar surface area (TPSA) is 13.1 Å². The highest BCUT2D eigenvalue weighted by molar-refractivity contribution is 6.22. The first-order chi connectivity index (χ1) is 31.7. The van der Waals surface area contributed by atoms with Crippen molar-refractivity contribution in [2.24, 2.45) is 0 Å². The average Bonchev–Trinajstić information content (AvgIpc) is 3.69. The minimum absolute atomic E-state index is 0.274. The van der Waals surface area contributed by atoms with Crippen LogP contribution in [0.3, 0.4) is 0 Å². The number of fused-ring (bicyclic) bond motifs is 6. The van der Waals surface area contributed by atoms with Gasteiger partial charge in [0.05, 0.1) is 34.3 Å². The molecule has 0 aliphatic heterocycles. The van der Waals surface area contributed by atoms with Crippen LogP contribution >= 0.6 is 0 Å². The van der Waals surface area contributed by atoms with Crippen molar-refractivity contribution in [2.45, 2.75) is 0 Å². The van der Waals surface area contributed by atoms with Gasteiger partial charge >= 0.3 is 0 Å². The smallest absolute Gasteiger partial charge is 0.135 e. The molecule has 0 atom stereocenters. The Hall–Kier alpha value is -5.66. The first kappa shape index (κ1) is 9.97. The van der Waals surface area contributed by atoms with Crippen molar-refractivity contribution in [1.29, 1.82) is 0 Å². The van der Waals surface area contributed by atoms with Crippen molar-refractivity contribution in [3.05, 3.63) is 157 Å². The third kappa shape index (κ3) is 3.72. The normalized spacial score (nSPS) is 19.9. The lowest BCUT2D eigenvalue weighted by Crippen LogP contribution is -1.91. The van der Waals surface area contributed by atoms with E-state index in [1.807, 2.05) is 0 Å². The quantitative estimate of drug-likeness (QED) is 0.192. The van der Waals surface area contributed by atoms with Crippen LogP contribution in [0.1, 0.15) is 34.3 Å². The lowest BCUT2D eigenvalue weighted by atomic mass is 9.85. The largest absolute Gasteiger partial charge is 0.456 e. The second-order valence-corrected chi connectivity index (χ2v) is 9.33. The predicted molar refractivity (Wildman–Crippen MR) is 183 cm³/mol. The van der Waals surface area contributed by atoms with E-state index in [1.54, 1.807) is 0 Å². The van der Waals surface area contributed by atoms with Crippen LogP contribution in [0, 0.1) is 0 Å². The van der Waals surface area contributed by atoms with Gasteiger partial charge in [0, 0.05) is 10.8 Å². The molecule has 9 aromatic rings. The summed E-state index contributed by atoms with van der Waals surface area (Å²) in [6, 6.07) is -20.7. The Morgan fingerprint density at radius 3 is 1.63 bits per heavy atom. The van der Waals surface area contributed by atoms with Gasteiger partial charge in [-0.2, -0.15) is 0 Å². The highest BCUT2D eigenvalue weighted by Gasteiger charge is 2.18. The SMILES string of the molecule is [2H]c1cc2oc3c([2H])c([2H])c([2H])c([2H])c3c2c([2H])c1-c1c2c([2H])c([2H])c([2H])c([2H])c2c(-c2c([2H])c([2H])c([2H])c(-c3c([2H])c([2H])c([2H])c4c([2H])c([2H])c([2H])c([2H])c34)c2[2H])c2c([2H])c([2H])c([2H])c([2H])c12. The summed E-state index contributed by atoms with van der Waals surface area (Å²) in [5.41, 5.74) is -4.90. The van der Waals surface area contributed by atoms with Gasteiger partial charge in [0.25, 0.3) is 0 Å². The monoisotopic (exact) mass is 571 g/mol. The minimum atomic E-state index is -1.04. The van der Waals surface area contributed by atoms with Crippen LogP contribution < -0.4 is 0 Å². The standard InChI is InChI=1S/C42H26O/c1-2-15-31-27(11-1)12-10-21-32(31)28-13-9-14-29(25-28)41-34-17-3-5-19-36(34)42(37-20-6-4-18-35(37)41)30-23-24-40-38(26-30)33-16-7-8-22-39(33)43-40/h1-26H/i1D,2D,3D,4D,5D,6D,7D,8D,9D,10D,11D,12D,13D,14D,15D,16D,17D,18D,19D,20D,21D,22D,23D,25D,26D. The van der Waals surface area contributed by atoms with Crippen LogP contribution in [0.25, 0.3) is 87.6 Å². The number of hydrogen-bond donors (Lipinski definition) is 0. The third-order valence-corrected chi connectivity index (χ3v) is 7.02. The summed E-state index contributed by atoms with van der Waals surface area (Å²) in [6.07, 6.45) is 0. The Morgan fingerprint density at radius 1 is 0.372 bits per heavy atom. The number of furan rings is 1. The third-order valence-electron chi connectivity index (χ3n) is 7.02. The lowest BCUT2D eigenvalue weighted by Gasteiger charge is -2.18. The van der Waals surface area contributed by atoms with E-state index < -0.39 is 222 Å². The lowest BCUT2D eigenvalue weighted by molar-refractivity contribution is 0.669. The van der Waals surface area contributed by atoms with Crippen molar-refractivity contribution >= 4 is 54.3 Å². The predicted octanol–water partition coefficient (Wildman–Crippen LogP) is 12.0. The van der Waals surface area contributed by atoms with E-state index in [2.05, 4.69) is 0 Å². The summed E-state index contributed by atoms with van der Waals surface area (Å²) in [6.45, 7) is 0. The van der Waals surface area contributed by atoms with Gasteiger partial charge in [-0.15, -0.1) is 0 Å². The highest BCUT2D eigenvalue weighted by Crippen LogP contribution is 2.45. The zero-order chi connectivity index (χ0) is 50.1. The number of para-hydroxylation sites is 1. The van der Waals surface area contributed by atoms with E-state index in [-0.39, 0.29) is 16.4 Å². The van der Waals surface area contributed by atoms with Crippen LogP contribution in [0.2, 0.25) is 0 Å². The molecule has 0 amide bonds. The van der Waals surface area contributed by atoms with Gasteiger partial charge in [0.1, 0.15) is 11.2 Å². The fourth-order valence-electron chi connectivity index (χ4n) is 5.22. The average molecular weight is 572 g/mol. The number of benzene rings is 8. The van der Waals surface area contributed by atoms with Gasteiger partial charge in [0.15, 0.2) is 0 Å². The molecule has 0 aliphatic carbocycles. The van der Waals surface area contributed by atoms with Crippen molar-refractivity contribution < 1.29 is 38.7 Å². The summed E-state index contributed by atoms with van der Waals surface area (Å²) < 4.78 is 229. The molecule has 0 saturated carbocycles. The van der Waals surface area contributed by atoms with Gasteiger partial charge in [-0.05, 0) is 89.9 Å². The summed E-state index contributed by atoms with van der Waals surface area (Å²) in [5, 5.41) is -4.48. The van der Waals surface area contributed by atoms with Gasteiger partial charge in [0.2, 0.25) is 0 Å². The molecule has 1 heterocycles. The maximum atomic E-state index is 9.79. The Morgan fingerprint density at radius 2 is 0.907 bits per heavy atom. The van der Waals surface area contributed by atoms with E-state index in [0.717, 1.165) is 6.07 Å². The maximum Gasteiger partial charge on any atom is 0.135 e. The van der Waals surface area contributed by atoms with Crippen molar-refractivity contribution in [2.75, 3.05) is 0 Å². The van der Waals surface area contributed by atoms with E-state index in [1.165, 1.54) is 0 Å². The Bertz CT molecular complexity index is 3820. The molecule has 9 rings (SSSR count). The second kappa shape index (κ2) is 9.44. The fraction of sp³-hybridized carbons (Fsp3) is 0. The molecule has 43 heavy (non-hydrogen) atoms. The number of rotatable bonds is 3. The van der Waals surface area contributed by atoms with Crippen molar-refractivity contribution in [3.63, 3.8) is 0 Å². The van der Waals surface area contributed by atoms with E-state index in [0.29, 0.717) is 0 Å². The first-order valence-electron chi connectivity index (χ1n) is 25.2. The first-order valence-corrected chi connectivity index (χ1v) is 12.7. The molecule has 1 nitrogen and oxygen atoms in total. The van der Waals surface area contributed by atoms with Crippen LogP contribution in [-0.4, -0.2) is 0 Å². The van der Waals surface area contributed by atoms with Crippen LogP contribution in [0.15, 0.2) is 162 Å². The molecule has 0 saturated heterocycles. The molecule has 0 N–H and O–H groups in total. The van der Waals surface area contributed by atoms with Crippen LogP contribution in [0.4, 0.5) is 0 Å². The molecule has 8 aromatic carbocycles. The van der Waals surface area contributed by atoms with Crippen LogP contribution in [0.5, 0.6) is 0 Å². The van der Waals surface area contributed by atoms with E-state index in [9.17, 15) is 11.0 Å². The number of hydrogen-bond acceptors (Lipinski definition) is 1. The molecule has 0 radical (unpaired) electrons. The summed E-state index contributed by atoms with van der Waals surface area (Å²) >= 11 is 0. The molecule has 0 bridgehead atoms. The van der Waals surface area contributed by atoms with Crippen LogP contribution in [-0.2, 0) is 0 Å². The summed E-state index contributed by atoms with van der Waals surface area (Å²) in [7, 11) is 0.